The average Bonchev–Trinajstić information content (AvgIpc) is 3.12. The highest BCUT2D eigenvalue weighted by molar-refractivity contribution is 7.14. The third-order valence-corrected chi connectivity index (χ3v) is 5.89. The number of ether oxygens (including phenoxy) is 1. The molecule has 0 radical (unpaired) electrons. The summed E-state index contributed by atoms with van der Waals surface area (Å²) in [6, 6.07) is 11.1. The van der Waals surface area contributed by atoms with E-state index in [1.165, 1.54) is 11.3 Å². The lowest BCUT2D eigenvalue weighted by Gasteiger charge is -2.31. The highest BCUT2D eigenvalue weighted by atomic mass is 32.1. The number of aryl methyl sites for hydroxylation is 2. The molecule has 1 saturated heterocycles. The first-order valence-electron chi connectivity index (χ1n) is 9.07. The number of rotatable bonds is 5. The average molecular weight is 385 g/mol. The molecule has 1 aliphatic heterocycles. The Kier molecular flexibility index (Phi) is 6.06. The van der Waals surface area contributed by atoms with Crippen molar-refractivity contribution in [1.29, 1.82) is 0 Å². The zero-order valence-corrected chi connectivity index (χ0v) is 16.4. The van der Waals surface area contributed by atoms with Gasteiger partial charge in [-0.3, -0.25) is 14.4 Å². The van der Waals surface area contributed by atoms with Crippen LogP contribution in [0, 0.1) is 19.8 Å². The Hall–Kier alpha value is -2.47. The fourth-order valence-corrected chi connectivity index (χ4v) is 4.00. The molecule has 6 heteroatoms. The number of carbonyl (C=O) groups excluding carboxylic acids is 3. The van der Waals surface area contributed by atoms with Gasteiger partial charge in [0.25, 0.3) is 5.91 Å². The van der Waals surface area contributed by atoms with Crippen LogP contribution in [0.15, 0.2) is 36.4 Å². The van der Waals surface area contributed by atoms with E-state index in [0.29, 0.717) is 36.4 Å². The Labute approximate surface area is 162 Å². The largest absolute Gasteiger partial charge is 0.457 e. The maximum absolute atomic E-state index is 12.6. The lowest BCUT2D eigenvalue weighted by Crippen LogP contribution is -2.41. The van der Waals surface area contributed by atoms with E-state index < -0.39 is 0 Å². The van der Waals surface area contributed by atoms with Gasteiger partial charge in [0.15, 0.2) is 6.61 Å². The second kappa shape index (κ2) is 8.48. The predicted octanol–water partition coefficient (Wildman–Crippen LogP) is 3.64. The summed E-state index contributed by atoms with van der Waals surface area (Å²) >= 11 is 1.40. The molecule has 27 heavy (non-hydrogen) atoms. The first-order valence-corrected chi connectivity index (χ1v) is 9.88. The smallest absolute Gasteiger partial charge is 0.309 e. The number of thiophene rings is 1. The molecule has 0 aliphatic carbocycles. The molecule has 0 spiro atoms. The second-order valence-electron chi connectivity index (χ2n) is 6.82. The molecule has 3 rings (SSSR count). The number of ketones is 1. The van der Waals surface area contributed by atoms with Gasteiger partial charge in [0, 0.05) is 23.5 Å². The van der Waals surface area contributed by atoms with Crippen molar-refractivity contribution in [3.05, 3.63) is 57.3 Å². The molecule has 0 saturated carbocycles. The van der Waals surface area contributed by atoms with Crippen molar-refractivity contribution in [1.82, 2.24) is 4.90 Å². The standard InChI is InChI=1S/C21H23NO4S/c1-14-5-3-4-6-17(14)20(24)22-11-9-16(10-12-22)21(25)26-13-18(23)19-8-7-15(2)27-19/h3-8,16H,9-13H2,1-2H3. The van der Waals surface area contributed by atoms with Crippen LogP contribution in [0.5, 0.6) is 0 Å². The summed E-state index contributed by atoms with van der Waals surface area (Å²) in [6.07, 6.45) is 1.12. The van der Waals surface area contributed by atoms with Crippen molar-refractivity contribution in [2.75, 3.05) is 19.7 Å². The minimum Gasteiger partial charge on any atom is -0.457 e. The van der Waals surface area contributed by atoms with Gasteiger partial charge in [-0.25, -0.2) is 0 Å². The van der Waals surface area contributed by atoms with Crippen molar-refractivity contribution in [3.63, 3.8) is 0 Å². The minimum atomic E-state index is -0.348. The number of hydrogen-bond acceptors (Lipinski definition) is 5. The first-order chi connectivity index (χ1) is 13.0. The number of benzene rings is 1. The van der Waals surface area contributed by atoms with E-state index in [1.807, 2.05) is 44.2 Å². The maximum atomic E-state index is 12.6. The lowest BCUT2D eigenvalue weighted by molar-refractivity contribution is -0.148. The molecule has 1 fully saturated rings. The van der Waals surface area contributed by atoms with E-state index in [0.717, 1.165) is 10.4 Å². The highest BCUT2D eigenvalue weighted by Crippen LogP contribution is 2.22. The van der Waals surface area contributed by atoms with Crippen molar-refractivity contribution in [2.24, 2.45) is 5.92 Å². The molecule has 0 N–H and O–H groups in total. The molecule has 1 aromatic carbocycles. The number of nitrogens with zero attached hydrogens (tertiary/aromatic N) is 1. The predicted molar refractivity (Wildman–Crippen MR) is 104 cm³/mol. The van der Waals surface area contributed by atoms with Crippen molar-refractivity contribution in [2.45, 2.75) is 26.7 Å². The number of esters is 1. The number of carbonyl (C=O) groups is 3. The van der Waals surface area contributed by atoms with E-state index in [2.05, 4.69) is 0 Å². The third-order valence-electron chi connectivity index (χ3n) is 4.85. The normalized spacial score (nSPS) is 14.8. The number of hydrogen-bond donors (Lipinski definition) is 0. The summed E-state index contributed by atoms with van der Waals surface area (Å²) in [4.78, 5) is 40.4. The molecule has 142 valence electrons. The van der Waals surface area contributed by atoms with Crippen molar-refractivity contribution < 1.29 is 19.1 Å². The molecular formula is C21H23NO4S. The fourth-order valence-electron chi connectivity index (χ4n) is 3.21. The van der Waals surface area contributed by atoms with E-state index in [9.17, 15) is 14.4 Å². The zero-order valence-electron chi connectivity index (χ0n) is 15.6. The number of likely N-dealkylation sites (tertiary alicyclic amines) is 1. The quantitative estimate of drug-likeness (QED) is 0.582. The summed E-state index contributed by atoms with van der Waals surface area (Å²) in [5, 5.41) is 0. The monoisotopic (exact) mass is 385 g/mol. The molecule has 2 aromatic rings. The second-order valence-corrected chi connectivity index (χ2v) is 8.11. The summed E-state index contributed by atoms with van der Waals surface area (Å²) < 4.78 is 5.22. The summed E-state index contributed by atoms with van der Waals surface area (Å²) in [5.41, 5.74) is 1.65. The first kappa shape index (κ1) is 19.3. The van der Waals surface area contributed by atoms with Gasteiger partial charge in [0.1, 0.15) is 0 Å². The highest BCUT2D eigenvalue weighted by Gasteiger charge is 2.29. The number of amides is 1. The maximum Gasteiger partial charge on any atom is 0.309 e. The molecule has 0 atom stereocenters. The van der Waals surface area contributed by atoms with E-state index in [-0.39, 0.29) is 30.2 Å². The van der Waals surface area contributed by atoms with Gasteiger partial charge in [0.05, 0.1) is 10.8 Å². The zero-order chi connectivity index (χ0) is 19.4. The third kappa shape index (κ3) is 4.63. The van der Waals surface area contributed by atoms with Crippen LogP contribution in [0.1, 0.15) is 43.3 Å². The van der Waals surface area contributed by atoms with Gasteiger partial charge >= 0.3 is 5.97 Å². The number of piperidine rings is 1. The molecular weight excluding hydrogens is 362 g/mol. The Bertz CT molecular complexity index is 849. The van der Waals surface area contributed by atoms with Crippen LogP contribution >= 0.6 is 11.3 Å². The minimum absolute atomic E-state index is 0.00293. The molecule has 2 heterocycles. The van der Waals surface area contributed by atoms with Crippen LogP contribution in [-0.2, 0) is 9.53 Å². The van der Waals surface area contributed by atoms with E-state index in [1.54, 1.807) is 11.0 Å². The van der Waals surface area contributed by atoms with Gasteiger partial charge in [-0.05, 0) is 50.5 Å². The summed E-state index contributed by atoms with van der Waals surface area (Å²) in [5.74, 6) is -0.778. The van der Waals surface area contributed by atoms with Crippen LogP contribution < -0.4 is 0 Å². The van der Waals surface area contributed by atoms with E-state index >= 15 is 0 Å². The van der Waals surface area contributed by atoms with Gasteiger partial charge < -0.3 is 9.64 Å². The topological polar surface area (TPSA) is 63.7 Å². The summed E-state index contributed by atoms with van der Waals surface area (Å²) in [6.45, 7) is 4.67. The van der Waals surface area contributed by atoms with E-state index in [4.69, 9.17) is 4.74 Å². The van der Waals surface area contributed by atoms with Crippen LogP contribution in [0.25, 0.3) is 0 Å². The molecule has 5 nitrogen and oxygen atoms in total. The molecule has 0 unspecified atom stereocenters. The Morgan fingerprint density at radius 2 is 1.78 bits per heavy atom. The van der Waals surface area contributed by atoms with Gasteiger partial charge in [-0.2, -0.15) is 0 Å². The Balaban J connectivity index is 1.48. The summed E-state index contributed by atoms with van der Waals surface area (Å²) in [7, 11) is 0. The van der Waals surface area contributed by atoms with Crippen LogP contribution in [-0.4, -0.2) is 42.3 Å². The molecule has 1 aliphatic rings. The van der Waals surface area contributed by atoms with Crippen LogP contribution in [0.3, 0.4) is 0 Å². The van der Waals surface area contributed by atoms with Crippen LogP contribution in [0.4, 0.5) is 0 Å². The van der Waals surface area contributed by atoms with Crippen molar-refractivity contribution >= 4 is 29.0 Å². The molecule has 0 bridgehead atoms. The van der Waals surface area contributed by atoms with Gasteiger partial charge in [-0.15, -0.1) is 11.3 Å². The lowest BCUT2D eigenvalue weighted by atomic mass is 9.96. The fraction of sp³-hybridized carbons (Fsp3) is 0.381. The molecule has 1 amide bonds. The Morgan fingerprint density at radius 1 is 1.07 bits per heavy atom. The van der Waals surface area contributed by atoms with Gasteiger partial charge in [-0.1, -0.05) is 18.2 Å². The van der Waals surface area contributed by atoms with Crippen LogP contribution in [0.2, 0.25) is 0 Å². The number of Topliss-reactive ketones (excluding diaryl/α,β-unsaturated/α-hetero) is 1. The molecule has 1 aromatic heterocycles. The Morgan fingerprint density at radius 3 is 2.41 bits per heavy atom. The SMILES string of the molecule is Cc1ccc(C(=O)COC(=O)C2CCN(C(=O)c3ccccc3C)CC2)s1. The van der Waals surface area contributed by atoms with Gasteiger partial charge in [0.2, 0.25) is 5.78 Å². The van der Waals surface area contributed by atoms with Crippen molar-refractivity contribution in [3.8, 4) is 0 Å².